The zero-order chi connectivity index (χ0) is 14.9. The summed E-state index contributed by atoms with van der Waals surface area (Å²) in [5.74, 6) is -2.76. The topological polar surface area (TPSA) is 98.0 Å². The summed E-state index contributed by atoms with van der Waals surface area (Å²) in [7, 11) is -4.48. The van der Waals surface area contributed by atoms with E-state index >= 15 is 0 Å². The van der Waals surface area contributed by atoms with Crippen molar-refractivity contribution in [2.45, 2.75) is 4.90 Å². The van der Waals surface area contributed by atoms with E-state index in [1.54, 1.807) is 0 Å². The van der Waals surface area contributed by atoms with Gasteiger partial charge in [0.15, 0.2) is 10.7 Å². The molecule has 0 unspecified atom stereocenters. The molecule has 0 atom stereocenters. The van der Waals surface area contributed by atoms with E-state index in [9.17, 15) is 17.2 Å². The molecule has 0 saturated heterocycles. The van der Waals surface area contributed by atoms with Crippen LogP contribution < -0.4 is 10.5 Å². The van der Waals surface area contributed by atoms with Crippen molar-refractivity contribution in [1.29, 1.82) is 0 Å². The molecular weight excluding hydrogens is 358 g/mol. The lowest BCUT2D eigenvalue weighted by molar-refractivity contribution is 0.522. The predicted octanol–water partition coefficient (Wildman–Crippen LogP) is 1.90. The first-order chi connectivity index (χ1) is 9.29. The van der Waals surface area contributed by atoms with Gasteiger partial charge in [-0.1, -0.05) is 0 Å². The van der Waals surface area contributed by atoms with E-state index in [-0.39, 0.29) is 11.5 Å². The van der Waals surface area contributed by atoms with Gasteiger partial charge in [-0.2, -0.15) is 0 Å². The maximum Gasteiger partial charge on any atom is 0.268 e. The van der Waals surface area contributed by atoms with Gasteiger partial charge < -0.3 is 5.73 Å². The highest BCUT2D eigenvalue weighted by molar-refractivity contribution is 9.10. The van der Waals surface area contributed by atoms with E-state index in [2.05, 4.69) is 25.9 Å². The van der Waals surface area contributed by atoms with Crippen molar-refractivity contribution >= 4 is 37.5 Å². The second kappa shape index (κ2) is 5.29. The Labute approximate surface area is 121 Å². The molecule has 1 heterocycles. The molecule has 0 aliphatic carbocycles. The van der Waals surface area contributed by atoms with Crippen LogP contribution in [0.25, 0.3) is 0 Å². The monoisotopic (exact) mass is 364 g/mol. The summed E-state index contributed by atoms with van der Waals surface area (Å²) in [4.78, 5) is 6.30. The summed E-state index contributed by atoms with van der Waals surface area (Å²) < 4.78 is 53.3. The van der Waals surface area contributed by atoms with Crippen molar-refractivity contribution < 1.29 is 17.2 Å². The molecule has 0 radical (unpaired) electrons. The molecule has 0 aliphatic heterocycles. The minimum atomic E-state index is -4.48. The van der Waals surface area contributed by atoms with Gasteiger partial charge in [0.05, 0.1) is 12.4 Å². The third kappa shape index (κ3) is 3.02. The lowest BCUT2D eigenvalue weighted by atomic mass is 10.3. The molecule has 6 nitrogen and oxygen atoms in total. The Balaban J connectivity index is 2.43. The molecule has 0 saturated carbocycles. The van der Waals surface area contributed by atoms with Crippen LogP contribution in [-0.2, 0) is 10.0 Å². The van der Waals surface area contributed by atoms with Crippen LogP contribution in [0.2, 0.25) is 0 Å². The number of nitrogen functional groups attached to an aromatic ring is 1. The number of nitrogens with two attached hydrogens (primary N) is 1. The molecule has 20 heavy (non-hydrogen) atoms. The number of nitrogens with one attached hydrogen (secondary N) is 1. The summed E-state index contributed by atoms with van der Waals surface area (Å²) in [6, 6.07) is 1.43. The van der Waals surface area contributed by atoms with E-state index < -0.39 is 26.6 Å². The fourth-order valence-corrected chi connectivity index (χ4v) is 2.71. The first-order valence-corrected chi connectivity index (χ1v) is 7.32. The second-order valence-corrected chi connectivity index (χ2v) is 6.08. The first kappa shape index (κ1) is 14.6. The highest BCUT2D eigenvalue weighted by Gasteiger charge is 2.25. The molecule has 0 bridgehead atoms. The molecule has 3 N–H and O–H groups in total. The molecule has 0 aliphatic rings. The third-order valence-corrected chi connectivity index (χ3v) is 3.96. The predicted molar refractivity (Wildman–Crippen MR) is 71.3 cm³/mol. The molecule has 106 valence electrons. The summed E-state index contributed by atoms with van der Waals surface area (Å²) >= 11 is 3.02. The Morgan fingerprint density at radius 2 is 1.75 bits per heavy atom. The Morgan fingerprint density at radius 1 is 1.15 bits per heavy atom. The summed E-state index contributed by atoms with van der Waals surface area (Å²) in [6.45, 7) is 0. The van der Waals surface area contributed by atoms with E-state index in [0.29, 0.717) is 16.7 Å². The van der Waals surface area contributed by atoms with Gasteiger partial charge in [-0.25, -0.2) is 27.2 Å². The van der Waals surface area contributed by atoms with Crippen LogP contribution in [0.15, 0.2) is 34.0 Å². The summed E-state index contributed by atoms with van der Waals surface area (Å²) in [5, 5.41) is 0. The van der Waals surface area contributed by atoms with Gasteiger partial charge in [0, 0.05) is 5.69 Å². The van der Waals surface area contributed by atoms with Gasteiger partial charge in [-0.3, -0.25) is 4.72 Å². The summed E-state index contributed by atoms with van der Waals surface area (Å²) in [5.41, 5.74) is 5.00. The fraction of sp³-hybridized carbons (Fsp3) is 0. The van der Waals surface area contributed by atoms with E-state index in [4.69, 9.17) is 5.73 Å². The number of hydrogen-bond donors (Lipinski definition) is 2. The van der Waals surface area contributed by atoms with Gasteiger partial charge >= 0.3 is 0 Å². The largest absolute Gasteiger partial charge is 0.399 e. The minimum absolute atomic E-state index is 0.177. The Bertz CT molecular complexity index is 729. The lowest BCUT2D eigenvalue weighted by Gasteiger charge is -2.09. The van der Waals surface area contributed by atoms with Gasteiger partial charge in [0.2, 0.25) is 0 Å². The van der Waals surface area contributed by atoms with Crippen LogP contribution in [0.5, 0.6) is 0 Å². The van der Waals surface area contributed by atoms with Crippen molar-refractivity contribution in [3.05, 3.63) is 40.8 Å². The van der Waals surface area contributed by atoms with E-state index in [1.165, 1.54) is 6.20 Å². The number of anilines is 2. The van der Waals surface area contributed by atoms with E-state index in [1.807, 2.05) is 4.72 Å². The molecule has 1 aromatic heterocycles. The van der Waals surface area contributed by atoms with Crippen molar-refractivity contribution in [3.8, 4) is 0 Å². The van der Waals surface area contributed by atoms with Crippen LogP contribution >= 0.6 is 15.9 Å². The molecule has 0 amide bonds. The molecule has 10 heteroatoms. The molecule has 0 spiro atoms. The SMILES string of the molecule is Nc1cc(F)c(S(=O)(=O)Nc2cnc(Br)cn2)c(F)c1. The maximum absolute atomic E-state index is 13.6. The number of aromatic nitrogens is 2. The first-order valence-electron chi connectivity index (χ1n) is 5.04. The van der Waals surface area contributed by atoms with Crippen LogP contribution in [0.1, 0.15) is 0 Å². The highest BCUT2D eigenvalue weighted by Crippen LogP contribution is 2.23. The average Bonchev–Trinajstić information content (AvgIpc) is 2.30. The molecular formula is C10H7BrF2N4O2S. The molecule has 2 aromatic rings. The molecule has 0 fully saturated rings. The lowest BCUT2D eigenvalue weighted by Crippen LogP contribution is -2.17. The Kier molecular flexibility index (Phi) is 3.86. The Morgan fingerprint density at radius 3 is 2.25 bits per heavy atom. The van der Waals surface area contributed by atoms with Gasteiger partial charge in [0.1, 0.15) is 16.2 Å². The van der Waals surface area contributed by atoms with Crippen molar-refractivity contribution in [2.75, 3.05) is 10.5 Å². The van der Waals surface area contributed by atoms with Crippen LogP contribution in [-0.4, -0.2) is 18.4 Å². The van der Waals surface area contributed by atoms with Crippen molar-refractivity contribution in [1.82, 2.24) is 9.97 Å². The van der Waals surface area contributed by atoms with Crippen LogP contribution in [0.3, 0.4) is 0 Å². The van der Waals surface area contributed by atoms with Crippen molar-refractivity contribution in [3.63, 3.8) is 0 Å². The number of hydrogen-bond acceptors (Lipinski definition) is 5. The van der Waals surface area contributed by atoms with Crippen molar-refractivity contribution in [2.24, 2.45) is 0 Å². The van der Waals surface area contributed by atoms with Gasteiger partial charge in [-0.05, 0) is 28.1 Å². The number of halogens is 3. The van der Waals surface area contributed by atoms with Crippen LogP contribution in [0.4, 0.5) is 20.3 Å². The standard InChI is InChI=1S/C10H7BrF2N4O2S/c11-8-3-16-9(4-15-8)17-20(18,19)10-6(12)1-5(14)2-7(10)13/h1-4H,14H2,(H,16,17). The number of nitrogens with zero attached hydrogens (tertiary/aromatic N) is 2. The highest BCUT2D eigenvalue weighted by atomic mass is 79.9. The molecule has 1 aromatic carbocycles. The molecule has 2 rings (SSSR count). The number of benzene rings is 1. The maximum atomic E-state index is 13.6. The average molecular weight is 365 g/mol. The van der Waals surface area contributed by atoms with Gasteiger partial charge in [-0.15, -0.1) is 0 Å². The number of rotatable bonds is 3. The smallest absolute Gasteiger partial charge is 0.268 e. The second-order valence-electron chi connectivity index (χ2n) is 3.64. The zero-order valence-electron chi connectivity index (χ0n) is 9.64. The fourth-order valence-electron chi connectivity index (χ4n) is 1.39. The quantitative estimate of drug-likeness (QED) is 0.810. The van der Waals surface area contributed by atoms with E-state index in [0.717, 1.165) is 6.20 Å². The van der Waals surface area contributed by atoms with Crippen LogP contribution in [0, 0.1) is 11.6 Å². The third-order valence-electron chi connectivity index (χ3n) is 2.15. The summed E-state index contributed by atoms with van der Waals surface area (Å²) in [6.07, 6.45) is 2.32. The normalized spacial score (nSPS) is 11.3. The number of sulfonamides is 1. The Hall–Kier alpha value is -1.81. The minimum Gasteiger partial charge on any atom is -0.399 e. The van der Waals surface area contributed by atoms with Gasteiger partial charge in [0.25, 0.3) is 10.0 Å². The zero-order valence-corrected chi connectivity index (χ0v) is 12.0.